The minimum Gasteiger partial charge on any atom is -0.464 e. The first-order valence-electron chi connectivity index (χ1n) is 6.47. The quantitative estimate of drug-likeness (QED) is 0.478. The summed E-state index contributed by atoms with van der Waals surface area (Å²) >= 11 is 0. The standard InChI is InChI=1S/C12H15N3O6/c1-2-20-12(17)8-7-13-5-6-14(8)11(16)9-3-4-10(21-9)15(18)19/h3-4,8,13H,2,5-7H2,1H3. The van der Waals surface area contributed by atoms with Gasteiger partial charge in [0.05, 0.1) is 12.7 Å². The molecule has 1 saturated heterocycles. The molecular weight excluding hydrogens is 282 g/mol. The van der Waals surface area contributed by atoms with E-state index in [4.69, 9.17) is 9.15 Å². The van der Waals surface area contributed by atoms with Crippen LogP contribution in [0.4, 0.5) is 5.88 Å². The van der Waals surface area contributed by atoms with Crippen LogP contribution in [0, 0.1) is 10.1 Å². The molecule has 9 heteroatoms. The van der Waals surface area contributed by atoms with Crippen LogP contribution in [0.3, 0.4) is 0 Å². The van der Waals surface area contributed by atoms with E-state index in [-0.39, 0.29) is 25.5 Å². The van der Waals surface area contributed by atoms with Crippen molar-refractivity contribution in [3.05, 3.63) is 28.0 Å². The van der Waals surface area contributed by atoms with Crippen molar-refractivity contribution in [2.45, 2.75) is 13.0 Å². The topological polar surface area (TPSA) is 115 Å². The molecule has 0 aromatic carbocycles. The number of hydrogen-bond donors (Lipinski definition) is 1. The van der Waals surface area contributed by atoms with Crippen LogP contribution < -0.4 is 5.32 Å². The molecule has 1 unspecified atom stereocenters. The molecule has 114 valence electrons. The van der Waals surface area contributed by atoms with Crippen molar-refractivity contribution in [2.75, 3.05) is 26.2 Å². The Morgan fingerprint density at radius 3 is 2.95 bits per heavy atom. The van der Waals surface area contributed by atoms with E-state index in [0.29, 0.717) is 6.54 Å². The van der Waals surface area contributed by atoms with E-state index in [9.17, 15) is 19.7 Å². The van der Waals surface area contributed by atoms with Gasteiger partial charge >= 0.3 is 11.9 Å². The number of furan rings is 1. The Hall–Kier alpha value is -2.42. The first-order valence-corrected chi connectivity index (χ1v) is 6.47. The lowest BCUT2D eigenvalue weighted by Crippen LogP contribution is -2.57. The Bertz CT molecular complexity index is 555. The van der Waals surface area contributed by atoms with Crippen LogP contribution >= 0.6 is 0 Å². The van der Waals surface area contributed by atoms with E-state index in [1.807, 2.05) is 0 Å². The molecule has 0 aliphatic carbocycles. The van der Waals surface area contributed by atoms with Gasteiger partial charge in [0.1, 0.15) is 11.0 Å². The zero-order valence-corrected chi connectivity index (χ0v) is 11.4. The van der Waals surface area contributed by atoms with Gasteiger partial charge < -0.3 is 19.4 Å². The Morgan fingerprint density at radius 1 is 1.57 bits per heavy atom. The van der Waals surface area contributed by atoms with Crippen molar-refractivity contribution in [3.63, 3.8) is 0 Å². The van der Waals surface area contributed by atoms with Gasteiger partial charge in [-0.3, -0.25) is 14.9 Å². The van der Waals surface area contributed by atoms with Crippen molar-refractivity contribution in [3.8, 4) is 0 Å². The van der Waals surface area contributed by atoms with Crippen LogP contribution in [0.5, 0.6) is 0 Å². The summed E-state index contributed by atoms with van der Waals surface area (Å²) in [4.78, 5) is 35.3. The Kier molecular flexibility index (Phi) is 4.53. The lowest BCUT2D eigenvalue weighted by molar-refractivity contribution is -0.402. The molecule has 1 amide bonds. The van der Waals surface area contributed by atoms with Crippen molar-refractivity contribution in [1.82, 2.24) is 10.2 Å². The predicted octanol–water partition coefficient (Wildman–Crippen LogP) is 0.165. The van der Waals surface area contributed by atoms with Crippen molar-refractivity contribution >= 4 is 17.8 Å². The number of nitro groups is 1. The molecule has 1 atom stereocenters. The zero-order valence-electron chi connectivity index (χ0n) is 11.4. The first kappa shape index (κ1) is 15.0. The van der Waals surface area contributed by atoms with E-state index in [1.54, 1.807) is 6.92 Å². The summed E-state index contributed by atoms with van der Waals surface area (Å²) in [6, 6.07) is 1.56. The second-order valence-corrected chi connectivity index (χ2v) is 4.37. The normalized spacial score (nSPS) is 18.3. The second-order valence-electron chi connectivity index (χ2n) is 4.37. The summed E-state index contributed by atoms with van der Waals surface area (Å²) < 4.78 is 9.81. The molecule has 21 heavy (non-hydrogen) atoms. The molecule has 1 fully saturated rings. The van der Waals surface area contributed by atoms with Crippen molar-refractivity contribution in [2.24, 2.45) is 0 Å². The van der Waals surface area contributed by atoms with Crippen LogP contribution in [-0.4, -0.2) is 54.0 Å². The molecule has 0 saturated carbocycles. The molecule has 0 radical (unpaired) electrons. The average Bonchev–Trinajstić information content (AvgIpc) is 2.97. The molecule has 0 spiro atoms. The van der Waals surface area contributed by atoms with Crippen LogP contribution in [0.2, 0.25) is 0 Å². The monoisotopic (exact) mass is 297 g/mol. The van der Waals surface area contributed by atoms with Gasteiger partial charge in [-0.25, -0.2) is 4.79 Å². The minimum atomic E-state index is -0.768. The molecule has 1 aliphatic rings. The Labute approximate surface area is 120 Å². The maximum absolute atomic E-state index is 12.3. The van der Waals surface area contributed by atoms with E-state index in [1.165, 1.54) is 11.0 Å². The number of nitrogens with zero attached hydrogens (tertiary/aromatic N) is 2. The molecule has 1 aromatic heterocycles. The summed E-state index contributed by atoms with van der Waals surface area (Å²) in [5.41, 5.74) is 0. The maximum Gasteiger partial charge on any atom is 0.433 e. The highest BCUT2D eigenvalue weighted by Gasteiger charge is 2.35. The van der Waals surface area contributed by atoms with Gasteiger partial charge in [-0.15, -0.1) is 0 Å². The number of carbonyl (C=O) groups is 2. The largest absolute Gasteiger partial charge is 0.464 e. The lowest BCUT2D eigenvalue weighted by Gasteiger charge is -2.33. The maximum atomic E-state index is 12.3. The fourth-order valence-electron chi connectivity index (χ4n) is 2.08. The fraction of sp³-hybridized carbons (Fsp3) is 0.500. The van der Waals surface area contributed by atoms with Gasteiger partial charge in [0.2, 0.25) is 0 Å². The summed E-state index contributed by atoms with van der Waals surface area (Å²) in [5.74, 6) is -1.76. The molecule has 1 N–H and O–H groups in total. The Balaban J connectivity index is 2.17. The first-order chi connectivity index (χ1) is 10.0. The van der Waals surface area contributed by atoms with Crippen LogP contribution in [0.25, 0.3) is 0 Å². The Morgan fingerprint density at radius 2 is 2.33 bits per heavy atom. The number of hydrogen-bond acceptors (Lipinski definition) is 7. The molecule has 2 heterocycles. The smallest absolute Gasteiger partial charge is 0.433 e. The number of esters is 1. The van der Waals surface area contributed by atoms with Gasteiger partial charge in [-0.1, -0.05) is 0 Å². The molecule has 1 aliphatic heterocycles. The van der Waals surface area contributed by atoms with E-state index < -0.39 is 28.7 Å². The molecular formula is C12H15N3O6. The zero-order chi connectivity index (χ0) is 15.4. The predicted molar refractivity (Wildman–Crippen MR) is 69.7 cm³/mol. The highest BCUT2D eigenvalue weighted by Crippen LogP contribution is 2.19. The molecule has 9 nitrogen and oxygen atoms in total. The minimum absolute atomic E-state index is 0.169. The highest BCUT2D eigenvalue weighted by atomic mass is 16.6. The summed E-state index contributed by atoms with van der Waals surface area (Å²) in [7, 11) is 0. The van der Waals surface area contributed by atoms with Gasteiger partial charge in [0.25, 0.3) is 5.91 Å². The SMILES string of the molecule is CCOC(=O)C1CNCCN1C(=O)c1ccc([N+](=O)[O-])o1. The third kappa shape index (κ3) is 3.19. The number of amides is 1. The van der Waals surface area contributed by atoms with Crippen molar-refractivity contribution in [1.29, 1.82) is 0 Å². The van der Waals surface area contributed by atoms with Gasteiger partial charge in [0.15, 0.2) is 5.76 Å². The lowest BCUT2D eigenvalue weighted by atomic mass is 10.2. The summed E-state index contributed by atoms with van der Waals surface area (Å²) in [5, 5.41) is 13.6. The summed E-state index contributed by atoms with van der Waals surface area (Å²) in [6.07, 6.45) is 0. The van der Waals surface area contributed by atoms with E-state index >= 15 is 0 Å². The van der Waals surface area contributed by atoms with E-state index in [0.717, 1.165) is 6.07 Å². The molecule has 0 bridgehead atoms. The third-order valence-corrected chi connectivity index (χ3v) is 3.05. The third-order valence-electron chi connectivity index (χ3n) is 3.05. The van der Waals surface area contributed by atoms with E-state index in [2.05, 4.69) is 5.32 Å². The highest BCUT2D eigenvalue weighted by molar-refractivity contribution is 5.95. The second kappa shape index (κ2) is 6.35. The number of piperazine rings is 1. The average molecular weight is 297 g/mol. The van der Waals surface area contributed by atoms with Gasteiger partial charge in [-0.05, 0) is 13.0 Å². The number of nitrogens with one attached hydrogen (secondary N) is 1. The number of ether oxygens (including phenoxy) is 1. The van der Waals surface area contributed by atoms with Crippen LogP contribution in [-0.2, 0) is 9.53 Å². The van der Waals surface area contributed by atoms with Crippen molar-refractivity contribution < 1.29 is 23.7 Å². The fourth-order valence-corrected chi connectivity index (χ4v) is 2.08. The molecule has 1 aromatic rings. The molecule has 2 rings (SSSR count). The van der Waals surface area contributed by atoms with Crippen LogP contribution in [0.15, 0.2) is 16.5 Å². The number of carbonyl (C=O) groups excluding carboxylic acids is 2. The summed E-state index contributed by atoms with van der Waals surface area (Å²) in [6.45, 7) is 2.97. The van der Waals surface area contributed by atoms with Gasteiger partial charge in [-0.2, -0.15) is 0 Å². The van der Waals surface area contributed by atoms with Gasteiger partial charge in [0, 0.05) is 19.6 Å². The van der Waals surface area contributed by atoms with Crippen LogP contribution in [0.1, 0.15) is 17.5 Å². The number of rotatable bonds is 4.